The number of amides is 2. The van der Waals surface area contributed by atoms with Crippen molar-refractivity contribution >= 4 is 12.0 Å². The maximum absolute atomic E-state index is 12.5. The van der Waals surface area contributed by atoms with E-state index < -0.39 is 24.0 Å². The molecule has 1 aliphatic rings. The summed E-state index contributed by atoms with van der Waals surface area (Å²) in [7, 11) is 0. The molecule has 25 heavy (non-hydrogen) atoms. The summed E-state index contributed by atoms with van der Waals surface area (Å²) in [4.78, 5) is 24.4. The first-order valence-electron chi connectivity index (χ1n) is 8.73. The summed E-state index contributed by atoms with van der Waals surface area (Å²) in [5.74, 6) is -0.461. The minimum absolute atomic E-state index is 0.331. The zero-order valence-electron chi connectivity index (χ0n) is 14.8. The Morgan fingerprint density at radius 3 is 2.68 bits per heavy atom. The van der Waals surface area contributed by atoms with Crippen LogP contribution in [0.4, 0.5) is 4.79 Å². The Labute approximate surface area is 148 Å². The van der Waals surface area contributed by atoms with Gasteiger partial charge >= 0.3 is 12.0 Å². The van der Waals surface area contributed by atoms with Gasteiger partial charge in [0.05, 0.1) is 19.3 Å². The van der Waals surface area contributed by atoms with E-state index in [1.807, 2.05) is 31.2 Å². The maximum atomic E-state index is 12.5. The highest BCUT2D eigenvalue weighted by molar-refractivity contribution is 5.85. The average molecular weight is 346 g/mol. The van der Waals surface area contributed by atoms with E-state index >= 15 is 0 Å². The fraction of sp³-hybridized carbons (Fsp3) is 0.474. The van der Waals surface area contributed by atoms with Crippen molar-refractivity contribution in [3.8, 4) is 5.75 Å². The van der Waals surface area contributed by atoms with Gasteiger partial charge in [-0.3, -0.25) is 4.79 Å². The van der Waals surface area contributed by atoms with E-state index in [0.717, 1.165) is 24.8 Å². The van der Waals surface area contributed by atoms with Gasteiger partial charge in [-0.05, 0) is 18.9 Å². The molecule has 1 aromatic carbocycles. The normalized spacial score (nSPS) is 19.8. The molecule has 2 atom stereocenters. The van der Waals surface area contributed by atoms with Gasteiger partial charge in [0.1, 0.15) is 11.7 Å². The third kappa shape index (κ3) is 4.75. The molecule has 0 saturated carbocycles. The van der Waals surface area contributed by atoms with E-state index in [1.54, 1.807) is 0 Å². The SMILES string of the molecule is C=C1NC(=O)N[C@@H](c2ccccc2OCCCC)[C@@H]1C(=O)OCCC. The summed E-state index contributed by atoms with van der Waals surface area (Å²) in [5.41, 5.74) is 1.08. The van der Waals surface area contributed by atoms with E-state index in [9.17, 15) is 9.59 Å². The number of carbonyl (C=O) groups is 2. The molecule has 0 unspecified atom stereocenters. The average Bonchev–Trinajstić information content (AvgIpc) is 2.59. The molecular weight excluding hydrogens is 320 g/mol. The predicted molar refractivity (Wildman–Crippen MR) is 95.1 cm³/mol. The fourth-order valence-corrected chi connectivity index (χ4v) is 2.71. The van der Waals surface area contributed by atoms with Crippen LogP contribution in [-0.4, -0.2) is 25.2 Å². The van der Waals surface area contributed by atoms with Crippen LogP contribution in [0, 0.1) is 5.92 Å². The Morgan fingerprint density at radius 1 is 1.20 bits per heavy atom. The lowest BCUT2D eigenvalue weighted by atomic mass is 9.88. The van der Waals surface area contributed by atoms with Gasteiger partial charge in [0.15, 0.2) is 0 Å². The quantitative estimate of drug-likeness (QED) is 0.559. The van der Waals surface area contributed by atoms with Gasteiger partial charge in [-0.2, -0.15) is 0 Å². The van der Waals surface area contributed by atoms with Gasteiger partial charge in [0.2, 0.25) is 0 Å². The van der Waals surface area contributed by atoms with Crippen LogP contribution in [0.2, 0.25) is 0 Å². The summed E-state index contributed by atoms with van der Waals surface area (Å²) in [6.45, 7) is 8.77. The first-order chi connectivity index (χ1) is 12.1. The summed E-state index contributed by atoms with van der Waals surface area (Å²) in [6.07, 6.45) is 2.68. The molecule has 1 aromatic rings. The standard InChI is InChI=1S/C19H26N2O4/c1-4-6-12-24-15-10-8-7-9-14(15)17-16(18(22)25-11-5-2)13(3)20-19(23)21-17/h7-10,16-17H,3-6,11-12H2,1-2H3,(H2,20,21,23)/t16-,17+/m1/s1. The van der Waals surface area contributed by atoms with Crippen molar-refractivity contribution in [3.05, 3.63) is 42.1 Å². The van der Waals surface area contributed by atoms with Gasteiger partial charge in [-0.25, -0.2) is 4.79 Å². The molecule has 6 nitrogen and oxygen atoms in total. The number of nitrogens with one attached hydrogen (secondary N) is 2. The highest BCUT2D eigenvalue weighted by atomic mass is 16.5. The second-order valence-corrected chi connectivity index (χ2v) is 5.99. The van der Waals surface area contributed by atoms with Crippen LogP contribution >= 0.6 is 0 Å². The van der Waals surface area contributed by atoms with Crippen molar-refractivity contribution < 1.29 is 19.1 Å². The van der Waals surface area contributed by atoms with Gasteiger partial charge in [0.25, 0.3) is 0 Å². The molecule has 136 valence electrons. The van der Waals surface area contributed by atoms with Crippen molar-refractivity contribution in [1.82, 2.24) is 10.6 Å². The Hall–Kier alpha value is -2.50. The maximum Gasteiger partial charge on any atom is 0.319 e. The molecule has 2 N–H and O–H groups in total. The Kier molecular flexibility index (Phi) is 6.86. The smallest absolute Gasteiger partial charge is 0.319 e. The lowest BCUT2D eigenvalue weighted by Crippen LogP contribution is -2.51. The molecule has 1 aliphatic heterocycles. The Morgan fingerprint density at radius 2 is 1.96 bits per heavy atom. The van der Waals surface area contributed by atoms with Crippen molar-refractivity contribution in [3.63, 3.8) is 0 Å². The monoisotopic (exact) mass is 346 g/mol. The fourth-order valence-electron chi connectivity index (χ4n) is 2.71. The molecule has 0 aliphatic carbocycles. The van der Waals surface area contributed by atoms with E-state index in [-0.39, 0.29) is 0 Å². The third-order valence-electron chi connectivity index (χ3n) is 3.98. The van der Waals surface area contributed by atoms with E-state index in [4.69, 9.17) is 9.47 Å². The summed E-state index contributed by atoms with van der Waals surface area (Å²) in [6, 6.07) is 6.45. The van der Waals surface area contributed by atoms with Crippen LogP contribution in [0.3, 0.4) is 0 Å². The van der Waals surface area contributed by atoms with Gasteiger partial charge < -0.3 is 20.1 Å². The van der Waals surface area contributed by atoms with Crippen molar-refractivity contribution in [1.29, 1.82) is 0 Å². The number of carbonyl (C=O) groups excluding carboxylic acids is 2. The molecule has 1 fully saturated rings. The number of benzene rings is 1. The Balaban J connectivity index is 2.30. The highest BCUT2D eigenvalue weighted by Gasteiger charge is 2.40. The Bertz CT molecular complexity index is 630. The van der Waals surface area contributed by atoms with Crippen molar-refractivity contribution in [2.45, 2.75) is 39.2 Å². The third-order valence-corrected chi connectivity index (χ3v) is 3.98. The largest absolute Gasteiger partial charge is 0.493 e. The molecule has 1 heterocycles. The van der Waals surface area contributed by atoms with Crippen LogP contribution in [-0.2, 0) is 9.53 Å². The van der Waals surface area contributed by atoms with Gasteiger partial charge in [-0.15, -0.1) is 0 Å². The second kappa shape index (κ2) is 9.11. The molecule has 0 aromatic heterocycles. The van der Waals surface area contributed by atoms with Gasteiger partial charge in [0, 0.05) is 11.3 Å². The molecule has 6 heteroatoms. The second-order valence-electron chi connectivity index (χ2n) is 5.99. The number of urea groups is 1. The minimum Gasteiger partial charge on any atom is -0.493 e. The zero-order valence-corrected chi connectivity index (χ0v) is 14.8. The first-order valence-corrected chi connectivity index (χ1v) is 8.73. The number of hydrogen-bond donors (Lipinski definition) is 2. The molecular formula is C19H26N2O4. The molecule has 0 bridgehead atoms. The molecule has 0 spiro atoms. The molecule has 0 radical (unpaired) electrons. The van der Waals surface area contributed by atoms with Crippen LogP contribution in [0.25, 0.3) is 0 Å². The number of hydrogen-bond acceptors (Lipinski definition) is 4. The molecule has 1 saturated heterocycles. The number of rotatable bonds is 8. The molecule has 2 amide bonds. The van der Waals surface area contributed by atoms with E-state index in [0.29, 0.717) is 24.7 Å². The lowest BCUT2D eigenvalue weighted by Gasteiger charge is -2.34. The summed E-state index contributed by atoms with van der Waals surface area (Å²) >= 11 is 0. The van der Waals surface area contributed by atoms with Crippen LogP contribution in [0.15, 0.2) is 36.5 Å². The van der Waals surface area contributed by atoms with Crippen molar-refractivity contribution in [2.24, 2.45) is 5.92 Å². The number of ether oxygens (including phenoxy) is 2. The lowest BCUT2D eigenvalue weighted by molar-refractivity contribution is -0.148. The number of esters is 1. The highest BCUT2D eigenvalue weighted by Crippen LogP contribution is 2.35. The minimum atomic E-state index is -0.708. The van der Waals surface area contributed by atoms with E-state index in [1.165, 1.54) is 0 Å². The number of unbranched alkanes of at least 4 members (excludes halogenated alkanes) is 1. The zero-order chi connectivity index (χ0) is 18.2. The van der Waals surface area contributed by atoms with Crippen LogP contribution < -0.4 is 15.4 Å². The van der Waals surface area contributed by atoms with Crippen LogP contribution in [0.5, 0.6) is 5.75 Å². The van der Waals surface area contributed by atoms with Crippen LogP contribution in [0.1, 0.15) is 44.7 Å². The van der Waals surface area contributed by atoms with E-state index in [2.05, 4.69) is 24.1 Å². The molecule has 2 rings (SSSR count). The number of para-hydroxylation sites is 1. The predicted octanol–water partition coefficient (Wildman–Crippen LogP) is 3.30. The topological polar surface area (TPSA) is 76.7 Å². The van der Waals surface area contributed by atoms with Gasteiger partial charge in [-0.1, -0.05) is 45.0 Å². The first kappa shape index (κ1) is 18.8. The van der Waals surface area contributed by atoms with Crippen molar-refractivity contribution in [2.75, 3.05) is 13.2 Å². The summed E-state index contributed by atoms with van der Waals surface area (Å²) in [5, 5.41) is 5.38. The summed E-state index contributed by atoms with van der Waals surface area (Å²) < 4.78 is 11.2.